The van der Waals surface area contributed by atoms with E-state index in [0.29, 0.717) is 11.6 Å². The minimum absolute atomic E-state index is 0.0482. The van der Waals surface area contributed by atoms with Crippen LogP contribution in [0, 0.1) is 5.41 Å². The number of rotatable bonds is 4. The Morgan fingerprint density at radius 3 is 2.83 bits per heavy atom. The highest BCUT2D eigenvalue weighted by Crippen LogP contribution is 2.34. The highest BCUT2D eigenvalue weighted by Gasteiger charge is 2.27. The van der Waals surface area contributed by atoms with Crippen LogP contribution in [0.2, 0.25) is 0 Å². The van der Waals surface area contributed by atoms with Crippen LogP contribution in [-0.4, -0.2) is 17.4 Å². The number of carbonyl (C=O) groups is 1. The van der Waals surface area contributed by atoms with Crippen molar-refractivity contribution in [2.24, 2.45) is 5.41 Å². The van der Waals surface area contributed by atoms with Crippen LogP contribution in [0.5, 0.6) is 0 Å². The van der Waals surface area contributed by atoms with E-state index >= 15 is 0 Å². The average Bonchev–Trinajstić information content (AvgIpc) is 2.73. The van der Waals surface area contributed by atoms with Crippen molar-refractivity contribution in [3.63, 3.8) is 0 Å². The number of carbonyl (C=O) groups excluding carboxylic acids is 1. The summed E-state index contributed by atoms with van der Waals surface area (Å²) in [6.07, 6.45) is 6.68. The molecule has 1 fully saturated rings. The first-order chi connectivity index (χ1) is 8.57. The number of aromatic nitrogens is 1. The van der Waals surface area contributed by atoms with Crippen molar-refractivity contribution >= 4 is 22.4 Å². The number of anilines is 1. The van der Waals surface area contributed by atoms with Crippen molar-refractivity contribution < 1.29 is 4.79 Å². The summed E-state index contributed by atoms with van der Waals surface area (Å²) < 4.78 is 0. The monoisotopic (exact) mass is 267 g/mol. The molecule has 0 aliphatic heterocycles. The molecule has 1 aliphatic rings. The lowest BCUT2D eigenvalue weighted by molar-refractivity contribution is -0.121. The predicted molar refractivity (Wildman–Crippen MR) is 74.4 cm³/mol. The molecule has 0 unspecified atom stereocenters. The zero-order valence-electron chi connectivity index (χ0n) is 10.9. The van der Waals surface area contributed by atoms with Crippen molar-refractivity contribution in [1.82, 2.24) is 10.3 Å². The van der Waals surface area contributed by atoms with Gasteiger partial charge in [0.1, 0.15) is 0 Å². The van der Waals surface area contributed by atoms with E-state index in [4.69, 9.17) is 5.73 Å². The SMILES string of the molecule is CC1(CNC(=O)Cc2csc(N)n2)CCCCC1. The molecule has 100 valence electrons. The van der Waals surface area contributed by atoms with E-state index in [1.54, 1.807) is 0 Å². The van der Waals surface area contributed by atoms with Crippen LogP contribution in [0.15, 0.2) is 5.38 Å². The van der Waals surface area contributed by atoms with Crippen molar-refractivity contribution in [1.29, 1.82) is 0 Å². The van der Waals surface area contributed by atoms with E-state index in [1.165, 1.54) is 43.4 Å². The first-order valence-electron chi connectivity index (χ1n) is 6.54. The molecule has 18 heavy (non-hydrogen) atoms. The zero-order valence-corrected chi connectivity index (χ0v) is 11.7. The molecule has 1 heterocycles. The number of nitrogens with one attached hydrogen (secondary N) is 1. The Hall–Kier alpha value is -1.10. The molecule has 1 aliphatic carbocycles. The second-order valence-corrected chi connectivity index (χ2v) is 6.39. The van der Waals surface area contributed by atoms with Crippen LogP contribution in [0.25, 0.3) is 0 Å². The Kier molecular flexibility index (Phi) is 4.22. The standard InChI is InChI=1S/C13H21N3OS/c1-13(5-3-2-4-6-13)9-15-11(17)7-10-8-18-12(14)16-10/h8H,2-7,9H2,1H3,(H2,14,16)(H,15,17). The van der Waals surface area contributed by atoms with Crippen molar-refractivity contribution in [2.45, 2.75) is 45.4 Å². The summed E-state index contributed by atoms with van der Waals surface area (Å²) in [6, 6.07) is 0. The number of hydrogen-bond donors (Lipinski definition) is 2. The van der Waals surface area contributed by atoms with E-state index in [9.17, 15) is 4.79 Å². The van der Waals surface area contributed by atoms with Crippen molar-refractivity contribution in [3.8, 4) is 0 Å². The Labute approximate surface area is 112 Å². The summed E-state index contributed by atoms with van der Waals surface area (Å²) in [4.78, 5) is 15.9. The van der Waals surface area contributed by atoms with E-state index in [1.807, 2.05) is 5.38 Å². The third kappa shape index (κ3) is 3.70. The molecular formula is C13H21N3OS. The van der Waals surface area contributed by atoms with Gasteiger partial charge in [-0.05, 0) is 18.3 Å². The van der Waals surface area contributed by atoms with Gasteiger partial charge >= 0.3 is 0 Å². The van der Waals surface area contributed by atoms with Crippen LogP contribution in [0.4, 0.5) is 5.13 Å². The summed E-state index contributed by atoms with van der Waals surface area (Å²) in [5.41, 5.74) is 6.60. The lowest BCUT2D eigenvalue weighted by Crippen LogP contribution is -2.37. The van der Waals surface area contributed by atoms with Crippen LogP contribution in [-0.2, 0) is 11.2 Å². The Balaban J connectivity index is 1.77. The molecule has 5 heteroatoms. The molecule has 2 rings (SSSR count). The van der Waals surface area contributed by atoms with Crippen LogP contribution in [0.1, 0.15) is 44.7 Å². The molecule has 0 saturated heterocycles. The molecule has 0 atom stereocenters. The van der Waals surface area contributed by atoms with E-state index < -0.39 is 0 Å². The average molecular weight is 267 g/mol. The number of nitrogens with zero attached hydrogens (tertiary/aromatic N) is 1. The van der Waals surface area contributed by atoms with Gasteiger partial charge in [0, 0.05) is 11.9 Å². The van der Waals surface area contributed by atoms with Gasteiger partial charge in [0.2, 0.25) is 5.91 Å². The Morgan fingerprint density at radius 2 is 2.22 bits per heavy atom. The number of thiazole rings is 1. The number of nitrogens with two attached hydrogens (primary N) is 1. The first kappa shape index (κ1) is 13.3. The highest BCUT2D eigenvalue weighted by atomic mass is 32.1. The van der Waals surface area contributed by atoms with Crippen LogP contribution in [0.3, 0.4) is 0 Å². The largest absolute Gasteiger partial charge is 0.375 e. The van der Waals surface area contributed by atoms with Gasteiger partial charge < -0.3 is 11.1 Å². The van der Waals surface area contributed by atoms with Gasteiger partial charge in [-0.25, -0.2) is 4.98 Å². The van der Waals surface area contributed by atoms with Gasteiger partial charge in [0.05, 0.1) is 12.1 Å². The zero-order chi connectivity index (χ0) is 13.0. The smallest absolute Gasteiger partial charge is 0.226 e. The minimum atomic E-state index is 0.0482. The minimum Gasteiger partial charge on any atom is -0.375 e. The Bertz CT molecular complexity index is 410. The second kappa shape index (κ2) is 5.69. The fourth-order valence-electron chi connectivity index (χ4n) is 2.52. The maximum atomic E-state index is 11.8. The topological polar surface area (TPSA) is 68.0 Å². The molecular weight excluding hydrogens is 246 g/mol. The van der Waals surface area contributed by atoms with Crippen LogP contribution < -0.4 is 11.1 Å². The second-order valence-electron chi connectivity index (χ2n) is 5.50. The van der Waals surface area contributed by atoms with Crippen molar-refractivity contribution in [3.05, 3.63) is 11.1 Å². The summed E-state index contributed by atoms with van der Waals surface area (Å²) in [5, 5.41) is 5.41. The van der Waals surface area contributed by atoms with Gasteiger partial charge in [-0.15, -0.1) is 11.3 Å². The molecule has 1 saturated carbocycles. The van der Waals surface area contributed by atoms with E-state index in [0.717, 1.165) is 12.2 Å². The molecule has 1 aromatic heterocycles. The number of nitrogen functional groups attached to an aromatic ring is 1. The molecule has 1 aromatic rings. The predicted octanol–water partition coefficient (Wildman–Crippen LogP) is 2.35. The summed E-state index contributed by atoms with van der Waals surface area (Å²) in [7, 11) is 0. The fourth-order valence-corrected chi connectivity index (χ4v) is 3.09. The fraction of sp³-hybridized carbons (Fsp3) is 0.692. The molecule has 0 bridgehead atoms. The maximum absolute atomic E-state index is 11.8. The summed E-state index contributed by atoms with van der Waals surface area (Å²) in [5.74, 6) is 0.0482. The molecule has 0 radical (unpaired) electrons. The highest BCUT2D eigenvalue weighted by molar-refractivity contribution is 7.13. The Morgan fingerprint density at radius 1 is 1.50 bits per heavy atom. The lowest BCUT2D eigenvalue weighted by Gasteiger charge is -2.33. The number of hydrogen-bond acceptors (Lipinski definition) is 4. The van der Waals surface area contributed by atoms with Gasteiger partial charge in [0.15, 0.2) is 5.13 Å². The van der Waals surface area contributed by atoms with E-state index in [2.05, 4.69) is 17.2 Å². The molecule has 1 amide bonds. The van der Waals surface area contributed by atoms with Gasteiger partial charge in [-0.1, -0.05) is 26.2 Å². The third-order valence-electron chi connectivity index (χ3n) is 3.68. The summed E-state index contributed by atoms with van der Waals surface area (Å²) >= 11 is 1.38. The quantitative estimate of drug-likeness (QED) is 0.880. The normalized spacial score (nSPS) is 18.5. The molecule has 0 spiro atoms. The van der Waals surface area contributed by atoms with Gasteiger partial charge in [-0.2, -0.15) is 0 Å². The van der Waals surface area contributed by atoms with Gasteiger partial charge in [-0.3, -0.25) is 4.79 Å². The molecule has 4 nitrogen and oxygen atoms in total. The summed E-state index contributed by atoms with van der Waals surface area (Å²) in [6.45, 7) is 3.05. The lowest BCUT2D eigenvalue weighted by atomic mass is 9.76. The molecule has 3 N–H and O–H groups in total. The first-order valence-corrected chi connectivity index (χ1v) is 7.42. The third-order valence-corrected chi connectivity index (χ3v) is 4.41. The maximum Gasteiger partial charge on any atom is 0.226 e. The van der Waals surface area contributed by atoms with Crippen LogP contribution >= 0.6 is 11.3 Å². The molecule has 0 aromatic carbocycles. The van der Waals surface area contributed by atoms with Crippen molar-refractivity contribution in [2.75, 3.05) is 12.3 Å². The van der Waals surface area contributed by atoms with Gasteiger partial charge in [0.25, 0.3) is 0 Å². The number of amides is 1. The van der Waals surface area contributed by atoms with E-state index in [-0.39, 0.29) is 11.3 Å².